The van der Waals surface area contributed by atoms with Crippen molar-refractivity contribution in [1.29, 1.82) is 0 Å². The zero-order valence-electron chi connectivity index (χ0n) is 8.77. The van der Waals surface area contributed by atoms with Crippen LogP contribution in [0.2, 0.25) is 0 Å². The van der Waals surface area contributed by atoms with E-state index < -0.39 is 0 Å². The van der Waals surface area contributed by atoms with Crippen molar-refractivity contribution in [3.05, 3.63) is 35.7 Å². The standard InChI is InChI=1S/C11H13N5/c12-8-3-1-7(2-4-8)11(5-6-11)9-14-10(13)16-15-9/h1-4H,5-6,12H2,(H3,13,14,15,16). The Balaban J connectivity index is 2.03. The third-order valence-electron chi connectivity index (χ3n) is 3.17. The summed E-state index contributed by atoms with van der Waals surface area (Å²) in [5.41, 5.74) is 13.2. The summed E-state index contributed by atoms with van der Waals surface area (Å²) in [5, 5.41) is 6.79. The van der Waals surface area contributed by atoms with Crippen LogP contribution in [0.5, 0.6) is 0 Å². The summed E-state index contributed by atoms with van der Waals surface area (Å²) in [7, 11) is 0. The summed E-state index contributed by atoms with van der Waals surface area (Å²) in [6.45, 7) is 0. The molecule has 0 unspecified atom stereocenters. The monoisotopic (exact) mass is 215 g/mol. The number of aromatic nitrogens is 3. The van der Waals surface area contributed by atoms with Crippen LogP contribution in [-0.4, -0.2) is 15.2 Å². The lowest BCUT2D eigenvalue weighted by atomic mass is 9.95. The van der Waals surface area contributed by atoms with Gasteiger partial charge in [-0.05, 0) is 30.5 Å². The van der Waals surface area contributed by atoms with Crippen molar-refractivity contribution in [3.63, 3.8) is 0 Å². The number of hydrogen-bond donors (Lipinski definition) is 3. The number of anilines is 2. The third kappa shape index (κ3) is 1.25. The van der Waals surface area contributed by atoms with E-state index in [0.717, 1.165) is 24.4 Å². The molecule has 5 nitrogen and oxygen atoms in total. The van der Waals surface area contributed by atoms with Crippen LogP contribution in [0.1, 0.15) is 24.2 Å². The minimum absolute atomic E-state index is 0.0156. The molecule has 16 heavy (non-hydrogen) atoms. The topological polar surface area (TPSA) is 93.6 Å². The number of H-pyrrole nitrogens is 1. The summed E-state index contributed by atoms with van der Waals surface area (Å²) < 4.78 is 0. The summed E-state index contributed by atoms with van der Waals surface area (Å²) in [6.07, 6.45) is 2.15. The molecule has 0 aliphatic heterocycles. The normalized spacial score (nSPS) is 17.2. The fourth-order valence-corrected chi connectivity index (χ4v) is 2.08. The number of nitrogens with zero attached hydrogens (tertiary/aromatic N) is 2. The Morgan fingerprint density at radius 1 is 1.12 bits per heavy atom. The van der Waals surface area contributed by atoms with Gasteiger partial charge in [0.25, 0.3) is 0 Å². The lowest BCUT2D eigenvalue weighted by molar-refractivity contribution is 0.761. The largest absolute Gasteiger partial charge is 0.399 e. The van der Waals surface area contributed by atoms with Gasteiger partial charge in [-0.1, -0.05) is 12.1 Å². The van der Waals surface area contributed by atoms with E-state index in [1.165, 1.54) is 5.56 Å². The third-order valence-corrected chi connectivity index (χ3v) is 3.17. The first kappa shape index (κ1) is 9.21. The Bertz CT molecular complexity index is 509. The van der Waals surface area contributed by atoms with Crippen molar-refractivity contribution in [1.82, 2.24) is 15.2 Å². The molecule has 1 aromatic heterocycles. The highest BCUT2D eigenvalue weighted by atomic mass is 15.3. The van der Waals surface area contributed by atoms with Crippen molar-refractivity contribution < 1.29 is 0 Å². The summed E-state index contributed by atoms with van der Waals surface area (Å²) >= 11 is 0. The van der Waals surface area contributed by atoms with E-state index in [0.29, 0.717) is 5.95 Å². The quantitative estimate of drug-likeness (QED) is 0.653. The smallest absolute Gasteiger partial charge is 0.239 e. The molecule has 1 saturated carbocycles. The number of aromatic amines is 1. The van der Waals surface area contributed by atoms with Crippen LogP contribution in [-0.2, 0) is 5.41 Å². The number of nitrogens with one attached hydrogen (secondary N) is 1. The average molecular weight is 215 g/mol. The molecule has 1 aliphatic rings. The Hall–Kier alpha value is -2.04. The first-order chi connectivity index (χ1) is 7.71. The zero-order valence-corrected chi connectivity index (χ0v) is 8.77. The minimum atomic E-state index is -0.0156. The fraction of sp³-hybridized carbons (Fsp3) is 0.273. The van der Waals surface area contributed by atoms with E-state index in [-0.39, 0.29) is 5.41 Å². The second kappa shape index (κ2) is 2.98. The zero-order chi connectivity index (χ0) is 11.2. The SMILES string of the molecule is Nc1ccc(C2(c3nc(N)n[nH]3)CC2)cc1. The molecule has 0 bridgehead atoms. The molecular weight excluding hydrogens is 202 g/mol. The van der Waals surface area contributed by atoms with E-state index in [1.807, 2.05) is 24.3 Å². The summed E-state index contributed by atoms with van der Waals surface area (Å²) in [6, 6.07) is 7.91. The Morgan fingerprint density at radius 2 is 1.81 bits per heavy atom. The maximum absolute atomic E-state index is 5.68. The van der Waals surface area contributed by atoms with Crippen molar-refractivity contribution in [2.45, 2.75) is 18.3 Å². The van der Waals surface area contributed by atoms with Crippen LogP contribution >= 0.6 is 0 Å². The second-order valence-electron chi connectivity index (χ2n) is 4.25. The van der Waals surface area contributed by atoms with Gasteiger partial charge in [0.1, 0.15) is 5.82 Å². The number of hydrogen-bond acceptors (Lipinski definition) is 4. The molecule has 0 amide bonds. The van der Waals surface area contributed by atoms with Crippen molar-refractivity contribution >= 4 is 11.6 Å². The van der Waals surface area contributed by atoms with Crippen LogP contribution in [0.15, 0.2) is 24.3 Å². The van der Waals surface area contributed by atoms with Crippen molar-refractivity contribution in [3.8, 4) is 0 Å². The predicted molar refractivity (Wildman–Crippen MR) is 61.7 cm³/mol. The fourth-order valence-electron chi connectivity index (χ4n) is 2.08. The van der Waals surface area contributed by atoms with Gasteiger partial charge >= 0.3 is 0 Å². The van der Waals surface area contributed by atoms with Gasteiger partial charge in [0.15, 0.2) is 0 Å². The van der Waals surface area contributed by atoms with Gasteiger partial charge in [0.2, 0.25) is 5.95 Å². The van der Waals surface area contributed by atoms with Crippen LogP contribution in [0, 0.1) is 0 Å². The van der Waals surface area contributed by atoms with Crippen molar-refractivity contribution in [2.75, 3.05) is 11.5 Å². The molecule has 0 radical (unpaired) electrons. The van der Waals surface area contributed by atoms with Gasteiger partial charge in [0, 0.05) is 5.69 Å². The highest BCUT2D eigenvalue weighted by molar-refractivity contribution is 5.46. The van der Waals surface area contributed by atoms with Gasteiger partial charge < -0.3 is 11.5 Å². The molecule has 1 fully saturated rings. The van der Waals surface area contributed by atoms with E-state index in [2.05, 4.69) is 15.2 Å². The van der Waals surface area contributed by atoms with Crippen LogP contribution in [0.3, 0.4) is 0 Å². The maximum Gasteiger partial charge on any atom is 0.239 e. The summed E-state index contributed by atoms with van der Waals surface area (Å²) in [5.74, 6) is 1.16. The number of rotatable bonds is 2. The Kier molecular flexibility index (Phi) is 1.71. The van der Waals surface area contributed by atoms with E-state index in [4.69, 9.17) is 11.5 Å². The van der Waals surface area contributed by atoms with Crippen LogP contribution < -0.4 is 11.5 Å². The molecule has 5 heteroatoms. The second-order valence-corrected chi connectivity index (χ2v) is 4.25. The van der Waals surface area contributed by atoms with Gasteiger partial charge in [-0.3, -0.25) is 5.10 Å². The number of nitrogens with two attached hydrogens (primary N) is 2. The Labute approximate surface area is 92.9 Å². The lowest BCUT2D eigenvalue weighted by Gasteiger charge is -2.12. The van der Waals surface area contributed by atoms with E-state index in [9.17, 15) is 0 Å². The highest BCUT2D eigenvalue weighted by Gasteiger charge is 2.48. The number of benzene rings is 1. The van der Waals surface area contributed by atoms with Gasteiger partial charge in [-0.25, -0.2) is 0 Å². The molecule has 1 aliphatic carbocycles. The Morgan fingerprint density at radius 3 is 2.31 bits per heavy atom. The van der Waals surface area contributed by atoms with E-state index in [1.54, 1.807) is 0 Å². The highest BCUT2D eigenvalue weighted by Crippen LogP contribution is 2.52. The van der Waals surface area contributed by atoms with E-state index >= 15 is 0 Å². The molecule has 1 aromatic carbocycles. The van der Waals surface area contributed by atoms with Crippen molar-refractivity contribution in [2.24, 2.45) is 0 Å². The number of nitrogen functional groups attached to an aromatic ring is 2. The molecule has 0 saturated heterocycles. The average Bonchev–Trinajstić information content (AvgIpc) is 2.97. The van der Waals surface area contributed by atoms with Gasteiger partial charge in [-0.15, -0.1) is 5.10 Å². The van der Waals surface area contributed by atoms with Gasteiger partial charge in [0.05, 0.1) is 5.41 Å². The predicted octanol–water partition coefficient (Wildman–Crippen LogP) is 1.05. The first-order valence-corrected chi connectivity index (χ1v) is 5.25. The lowest BCUT2D eigenvalue weighted by Crippen LogP contribution is -2.11. The molecule has 82 valence electrons. The molecule has 0 atom stereocenters. The molecule has 5 N–H and O–H groups in total. The molecular formula is C11H13N5. The van der Waals surface area contributed by atoms with Gasteiger partial charge in [-0.2, -0.15) is 4.98 Å². The molecule has 0 spiro atoms. The maximum atomic E-state index is 5.68. The molecule has 2 aromatic rings. The first-order valence-electron chi connectivity index (χ1n) is 5.25. The summed E-state index contributed by atoms with van der Waals surface area (Å²) in [4.78, 5) is 4.22. The van der Waals surface area contributed by atoms with Crippen LogP contribution in [0.25, 0.3) is 0 Å². The van der Waals surface area contributed by atoms with Crippen LogP contribution in [0.4, 0.5) is 11.6 Å². The molecule has 1 heterocycles. The molecule has 3 rings (SSSR count). The minimum Gasteiger partial charge on any atom is -0.399 e.